The lowest BCUT2D eigenvalue weighted by atomic mass is 9.97. The second-order valence-electron chi connectivity index (χ2n) is 12.9. The van der Waals surface area contributed by atoms with E-state index in [0.717, 1.165) is 25.1 Å². The summed E-state index contributed by atoms with van der Waals surface area (Å²) < 4.78 is 39.0. The van der Waals surface area contributed by atoms with Gasteiger partial charge in [0, 0.05) is 17.7 Å². The Morgan fingerprint density at radius 1 is 1.00 bits per heavy atom. The zero-order chi connectivity index (χ0) is 39.0. The van der Waals surface area contributed by atoms with Crippen molar-refractivity contribution in [3.05, 3.63) is 40.6 Å². The maximum atomic E-state index is 14.1. The molecule has 0 bridgehead atoms. The SMILES string of the molecule is COc1cc(O)c2c(=O)c(O[C@@H]3O[C@H](COC(=O)C[C@@](C)(O)CC(=O)O)[C@H](O)[C@H](O)[C@H]3O[C@@H]3OC[C@](O)(CO)[C@@H]3O)c(-c3ccc(O)c(O)c3)oc2c1. The number of rotatable bonds is 13. The van der Waals surface area contributed by atoms with Crippen molar-refractivity contribution in [1.82, 2.24) is 0 Å². The van der Waals surface area contributed by atoms with Crippen LogP contribution in [0.1, 0.15) is 19.8 Å². The van der Waals surface area contributed by atoms with Crippen LogP contribution in [0.15, 0.2) is 39.5 Å². The molecule has 2 aliphatic heterocycles. The minimum Gasteiger partial charge on any atom is -0.507 e. The van der Waals surface area contributed by atoms with Crippen molar-refractivity contribution in [2.45, 2.75) is 74.1 Å². The lowest BCUT2D eigenvalue weighted by Crippen LogP contribution is -2.62. The van der Waals surface area contributed by atoms with Crippen molar-refractivity contribution < 1.29 is 93.5 Å². The number of fused-ring (bicyclic) bond motifs is 1. The first kappa shape index (κ1) is 39.4. The summed E-state index contributed by atoms with van der Waals surface area (Å²) in [5, 5.41) is 103. The number of hydrogen-bond donors (Lipinski definition) is 10. The van der Waals surface area contributed by atoms with E-state index >= 15 is 0 Å². The molecule has 290 valence electrons. The first-order valence-corrected chi connectivity index (χ1v) is 15.8. The van der Waals surface area contributed by atoms with Gasteiger partial charge in [-0.25, -0.2) is 0 Å². The Balaban J connectivity index is 1.56. The second-order valence-corrected chi connectivity index (χ2v) is 12.9. The molecule has 0 saturated carbocycles. The van der Waals surface area contributed by atoms with Crippen LogP contribution in [0, 0.1) is 0 Å². The summed E-state index contributed by atoms with van der Waals surface area (Å²) in [7, 11) is 1.29. The lowest BCUT2D eigenvalue weighted by Gasteiger charge is -2.42. The second kappa shape index (κ2) is 15.3. The summed E-state index contributed by atoms with van der Waals surface area (Å²) in [5.74, 6) is -5.46. The van der Waals surface area contributed by atoms with E-state index in [1.165, 1.54) is 19.2 Å². The summed E-state index contributed by atoms with van der Waals surface area (Å²) in [5.41, 5.74) is -5.59. The van der Waals surface area contributed by atoms with Gasteiger partial charge in [-0.05, 0) is 25.1 Å². The summed E-state index contributed by atoms with van der Waals surface area (Å²) in [6, 6.07) is 5.63. The standard InChI is InChI=1S/C33H38O20/c1-32(45,8-20(38)39)9-21(40)48-10-19-23(41)25(43)28(53-31-29(44)33(46,11-34)12-49-31)30(51-19)52-27-24(42)22-17(37)6-14(47-2)7-18(22)50-26(27)13-3-4-15(35)16(36)5-13/h3-7,19,23,25,28-31,34-37,41,43-46H,8-12H2,1-2H3,(H,38,39)/t19-,23+,25+,28-,29-,30+,31+,32+,33-/m1/s1. The number of methoxy groups -OCH3 is 1. The van der Waals surface area contributed by atoms with E-state index in [-0.39, 0.29) is 16.9 Å². The minimum atomic E-state index is -2.20. The number of carboxylic acids is 1. The number of aliphatic hydroxyl groups excluding tert-OH is 4. The van der Waals surface area contributed by atoms with Crippen molar-refractivity contribution >= 4 is 22.9 Å². The Labute approximate surface area is 298 Å². The molecule has 2 saturated heterocycles. The number of aliphatic hydroxyl groups is 6. The molecule has 53 heavy (non-hydrogen) atoms. The van der Waals surface area contributed by atoms with Gasteiger partial charge in [0.15, 0.2) is 29.7 Å². The van der Waals surface area contributed by atoms with Crippen molar-refractivity contribution in [2.75, 3.05) is 26.9 Å². The number of carbonyl (C=O) groups excluding carboxylic acids is 1. The van der Waals surface area contributed by atoms with E-state index in [2.05, 4.69) is 0 Å². The van der Waals surface area contributed by atoms with Crippen molar-refractivity contribution in [3.63, 3.8) is 0 Å². The molecule has 3 heterocycles. The molecule has 2 aliphatic rings. The predicted octanol–water partition coefficient (Wildman–Crippen LogP) is -1.60. The molecule has 2 aromatic carbocycles. The van der Waals surface area contributed by atoms with E-state index in [0.29, 0.717) is 0 Å². The fraction of sp³-hybridized carbons (Fsp3) is 0.485. The van der Waals surface area contributed by atoms with Crippen LogP contribution in [0.4, 0.5) is 0 Å². The number of aromatic hydroxyl groups is 3. The number of carbonyl (C=O) groups is 2. The summed E-state index contributed by atoms with van der Waals surface area (Å²) in [6.07, 6.45) is -15.0. The largest absolute Gasteiger partial charge is 0.507 e. The summed E-state index contributed by atoms with van der Waals surface area (Å²) in [6.45, 7) is -1.37. The Kier molecular flexibility index (Phi) is 11.4. The maximum Gasteiger partial charge on any atom is 0.308 e. The van der Waals surface area contributed by atoms with Crippen LogP contribution < -0.4 is 14.9 Å². The zero-order valence-electron chi connectivity index (χ0n) is 28.0. The molecular weight excluding hydrogens is 716 g/mol. The van der Waals surface area contributed by atoms with Crippen molar-refractivity contribution in [2.24, 2.45) is 0 Å². The molecule has 20 nitrogen and oxygen atoms in total. The number of aliphatic carboxylic acids is 1. The number of ether oxygens (including phenoxy) is 6. The van der Waals surface area contributed by atoms with Gasteiger partial charge in [0.2, 0.25) is 17.5 Å². The quantitative estimate of drug-likeness (QED) is 0.0693. The van der Waals surface area contributed by atoms with Crippen LogP contribution in [0.2, 0.25) is 0 Å². The van der Waals surface area contributed by atoms with Gasteiger partial charge in [0.1, 0.15) is 59.1 Å². The third-order valence-electron chi connectivity index (χ3n) is 8.60. The van der Waals surface area contributed by atoms with Gasteiger partial charge in [0.05, 0.1) is 38.8 Å². The van der Waals surface area contributed by atoms with Crippen molar-refractivity contribution in [3.8, 4) is 40.1 Å². The Morgan fingerprint density at radius 3 is 2.34 bits per heavy atom. The third-order valence-corrected chi connectivity index (χ3v) is 8.60. The molecule has 0 spiro atoms. The number of hydrogen-bond acceptors (Lipinski definition) is 19. The van der Waals surface area contributed by atoms with Crippen molar-refractivity contribution in [1.29, 1.82) is 0 Å². The molecule has 1 aromatic heterocycles. The minimum absolute atomic E-state index is 0.0762. The van der Waals surface area contributed by atoms with Gasteiger partial charge in [-0.2, -0.15) is 0 Å². The van der Waals surface area contributed by atoms with Crippen LogP contribution in [0.3, 0.4) is 0 Å². The first-order valence-electron chi connectivity index (χ1n) is 15.8. The molecule has 20 heteroatoms. The van der Waals surface area contributed by atoms with Crippen LogP contribution in [0.25, 0.3) is 22.3 Å². The molecule has 10 N–H and O–H groups in total. The van der Waals surface area contributed by atoms with Gasteiger partial charge in [-0.15, -0.1) is 0 Å². The van der Waals surface area contributed by atoms with E-state index in [9.17, 15) is 60.3 Å². The molecule has 5 rings (SSSR count). The lowest BCUT2D eigenvalue weighted by molar-refractivity contribution is -0.319. The van der Waals surface area contributed by atoms with E-state index in [1.54, 1.807) is 0 Å². The molecule has 2 fully saturated rings. The van der Waals surface area contributed by atoms with Crippen LogP contribution in [-0.2, 0) is 28.5 Å². The molecule has 9 atom stereocenters. The predicted molar refractivity (Wildman–Crippen MR) is 172 cm³/mol. The van der Waals surface area contributed by atoms with E-state index in [1.807, 2.05) is 0 Å². The number of phenols is 3. The Hall–Kier alpha value is -4.77. The molecule has 0 amide bonds. The summed E-state index contributed by atoms with van der Waals surface area (Å²) >= 11 is 0. The highest BCUT2D eigenvalue weighted by Gasteiger charge is 2.54. The maximum absolute atomic E-state index is 14.1. The molecular formula is C33H38O20. The summed E-state index contributed by atoms with van der Waals surface area (Å²) in [4.78, 5) is 37.6. The fourth-order valence-corrected chi connectivity index (χ4v) is 5.73. The monoisotopic (exact) mass is 754 g/mol. The molecule has 0 unspecified atom stereocenters. The molecule has 0 aliphatic carbocycles. The van der Waals surface area contributed by atoms with E-state index in [4.69, 9.17) is 37.9 Å². The number of esters is 1. The normalized spacial score (nSPS) is 28.3. The Morgan fingerprint density at radius 2 is 1.72 bits per heavy atom. The number of benzene rings is 2. The molecule has 0 radical (unpaired) electrons. The fourth-order valence-electron chi connectivity index (χ4n) is 5.73. The van der Waals surface area contributed by atoms with Gasteiger partial charge < -0.3 is 83.9 Å². The highest BCUT2D eigenvalue weighted by molar-refractivity contribution is 5.88. The topological polar surface area (TPSA) is 322 Å². The van der Waals surface area contributed by atoms with Crippen LogP contribution >= 0.6 is 0 Å². The Bertz CT molecular complexity index is 1890. The van der Waals surface area contributed by atoms with Gasteiger partial charge >= 0.3 is 11.9 Å². The smallest absolute Gasteiger partial charge is 0.308 e. The highest BCUT2D eigenvalue weighted by Crippen LogP contribution is 2.40. The number of phenolic OH excluding ortho intramolecular Hbond substituents is 3. The van der Waals surface area contributed by atoms with E-state index < -0.39 is 138 Å². The molecule has 3 aromatic rings. The van der Waals surface area contributed by atoms with Gasteiger partial charge in [0.25, 0.3) is 0 Å². The zero-order valence-corrected chi connectivity index (χ0v) is 28.0. The average molecular weight is 755 g/mol. The average Bonchev–Trinajstić information content (AvgIpc) is 3.37. The van der Waals surface area contributed by atoms with Gasteiger partial charge in [-0.1, -0.05) is 0 Å². The highest BCUT2D eigenvalue weighted by atomic mass is 16.8. The third kappa shape index (κ3) is 8.25. The van der Waals surface area contributed by atoms with Gasteiger partial charge in [-0.3, -0.25) is 14.4 Å². The van der Waals surface area contributed by atoms with Crippen LogP contribution in [-0.4, -0.2) is 144 Å². The first-order chi connectivity index (χ1) is 24.9. The number of carboxylic acid groups (broad SMARTS) is 1. The van der Waals surface area contributed by atoms with Crippen LogP contribution in [0.5, 0.6) is 28.7 Å².